The van der Waals surface area contributed by atoms with E-state index in [4.69, 9.17) is 22.1 Å². The first-order valence-electron chi connectivity index (χ1n) is 6.19. The maximum atomic E-state index is 6.33. The first-order valence-corrected chi connectivity index (χ1v) is 6.57. The number of nitrogens with two attached hydrogens (primary N) is 1. The van der Waals surface area contributed by atoms with Crippen LogP contribution in [-0.2, 0) is 0 Å². The van der Waals surface area contributed by atoms with Crippen molar-refractivity contribution in [3.05, 3.63) is 63.7 Å². The molecule has 2 rings (SSSR count). The topological polar surface area (TPSA) is 35.2 Å². The molecule has 2 aromatic rings. The van der Waals surface area contributed by atoms with E-state index in [0.29, 0.717) is 10.8 Å². The predicted molar refractivity (Wildman–Crippen MR) is 80.0 cm³/mol. The molecule has 0 aliphatic rings. The quantitative estimate of drug-likeness (QED) is 0.918. The van der Waals surface area contributed by atoms with Gasteiger partial charge in [-0.2, -0.15) is 0 Å². The fourth-order valence-electron chi connectivity index (χ4n) is 2.23. The Bertz CT molecular complexity index is 595. The van der Waals surface area contributed by atoms with Crippen LogP contribution in [0.3, 0.4) is 0 Å². The van der Waals surface area contributed by atoms with Gasteiger partial charge in [-0.15, -0.1) is 0 Å². The van der Waals surface area contributed by atoms with Crippen molar-refractivity contribution in [3.8, 4) is 5.75 Å². The Kier molecular flexibility index (Phi) is 4.13. The zero-order valence-electron chi connectivity index (χ0n) is 11.4. The van der Waals surface area contributed by atoms with Crippen molar-refractivity contribution in [3.63, 3.8) is 0 Å². The summed E-state index contributed by atoms with van der Waals surface area (Å²) in [6, 6.07) is 11.8. The van der Waals surface area contributed by atoms with Crippen LogP contribution in [0.2, 0.25) is 5.02 Å². The number of halogens is 1. The molecule has 1 atom stereocenters. The summed E-state index contributed by atoms with van der Waals surface area (Å²) < 4.78 is 5.15. The third-order valence-electron chi connectivity index (χ3n) is 3.30. The van der Waals surface area contributed by atoms with Crippen LogP contribution >= 0.6 is 11.6 Å². The summed E-state index contributed by atoms with van der Waals surface area (Å²) in [4.78, 5) is 0. The molecule has 0 saturated heterocycles. The molecule has 0 aliphatic heterocycles. The first-order chi connectivity index (χ1) is 9.02. The van der Waals surface area contributed by atoms with Crippen molar-refractivity contribution in [1.82, 2.24) is 0 Å². The number of benzene rings is 2. The van der Waals surface area contributed by atoms with Crippen LogP contribution < -0.4 is 10.5 Å². The molecule has 2 nitrogen and oxygen atoms in total. The van der Waals surface area contributed by atoms with Crippen molar-refractivity contribution in [1.29, 1.82) is 0 Å². The van der Waals surface area contributed by atoms with Gasteiger partial charge in [0, 0.05) is 0 Å². The minimum atomic E-state index is -0.177. The van der Waals surface area contributed by atoms with E-state index < -0.39 is 0 Å². The Morgan fingerprint density at radius 1 is 1.11 bits per heavy atom. The van der Waals surface area contributed by atoms with E-state index >= 15 is 0 Å². The Balaban J connectivity index is 2.38. The lowest BCUT2D eigenvalue weighted by Crippen LogP contribution is -2.13. The van der Waals surface area contributed by atoms with Gasteiger partial charge in [0.15, 0.2) is 0 Å². The van der Waals surface area contributed by atoms with Crippen molar-refractivity contribution in [2.45, 2.75) is 19.9 Å². The molecule has 0 spiro atoms. The molecular weight excluding hydrogens is 258 g/mol. The van der Waals surface area contributed by atoms with Gasteiger partial charge in [-0.25, -0.2) is 0 Å². The molecule has 0 aromatic heterocycles. The van der Waals surface area contributed by atoms with Crippen molar-refractivity contribution in [2.75, 3.05) is 7.11 Å². The maximum Gasteiger partial charge on any atom is 0.137 e. The lowest BCUT2D eigenvalue weighted by atomic mass is 9.94. The van der Waals surface area contributed by atoms with Crippen LogP contribution in [0.25, 0.3) is 0 Å². The van der Waals surface area contributed by atoms with Gasteiger partial charge in [0.2, 0.25) is 0 Å². The highest BCUT2D eigenvalue weighted by Gasteiger charge is 2.13. The summed E-state index contributed by atoms with van der Waals surface area (Å²) in [5.74, 6) is 0.665. The molecule has 0 saturated carbocycles. The lowest BCUT2D eigenvalue weighted by Gasteiger charge is -2.17. The van der Waals surface area contributed by atoms with Gasteiger partial charge in [0.1, 0.15) is 5.75 Å². The summed E-state index contributed by atoms with van der Waals surface area (Å²) in [6.45, 7) is 4.15. The largest absolute Gasteiger partial charge is 0.495 e. The molecule has 1 unspecified atom stereocenters. The van der Waals surface area contributed by atoms with Crippen LogP contribution in [-0.4, -0.2) is 7.11 Å². The number of ether oxygens (including phenoxy) is 1. The monoisotopic (exact) mass is 275 g/mol. The average Bonchev–Trinajstić information content (AvgIpc) is 2.38. The van der Waals surface area contributed by atoms with E-state index in [1.807, 2.05) is 18.2 Å². The van der Waals surface area contributed by atoms with Crippen molar-refractivity contribution >= 4 is 11.6 Å². The maximum absolute atomic E-state index is 6.33. The Morgan fingerprint density at radius 3 is 2.42 bits per heavy atom. The molecule has 0 fully saturated rings. The van der Waals surface area contributed by atoms with Gasteiger partial charge in [-0.3, -0.25) is 0 Å². The fraction of sp³-hybridized carbons (Fsp3) is 0.250. The molecule has 2 N–H and O–H groups in total. The summed E-state index contributed by atoms with van der Waals surface area (Å²) in [7, 11) is 1.60. The Hall–Kier alpha value is -1.51. The number of hydrogen-bond donors (Lipinski definition) is 1. The van der Waals surface area contributed by atoms with Crippen molar-refractivity contribution < 1.29 is 4.74 Å². The third kappa shape index (κ3) is 2.91. The van der Waals surface area contributed by atoms with E-state index in [-0.39, 0.29) is 6.04 Å². The smallest absolute Gasteiger partial charge is 0.137 e. The highest BCUT2D eigenvalue weighted by Crippen LogP contribution is 2.30. The molecule has 100 valence electrons. The second-order valence-corrected chi connectivity index (χ2v) is 5.14. The standard InChI is InChI=1S/C16H18ClNO/c1-10-4-6-13(11(2)8-10)16(18)12-5-7-15(19-3)14(17)9-12/h4-9,16H,18H2,1-3H3. The average molecular weight is 276 g/mol. The van der Waals surface area contributed by atoms with E-state index in [1.165, 1.54) is 11.1 Å². The fourth-order valence-corrected chi connectivity index (χ4v) is 2.50. The van der Waals surface area contributed by atoms with E-state index in [9.17, 15) is 0 Å². The summed E-state index contributed by atoms with van der Waals surface area (Å²) in [6.07, 6.45) is 0. The van der Waals surface area contributed by atoms with Gasteiger partial charge in [-0.1, -0.05) is 41.4 Å². The number of rotatable bonds is 3. The van der Waals surface area contributed by atoms with Gasteiger partial charge < -0.3 is 10.5 Å². The van der Waals surface area contributed by atoms with Crippen LogP contribution in [0.4, 0.5) is 0 Å². The molecule has 0 heterocycles. The van der Waals surface area contributed by atoms with E-state index in [1.54, 1.807) is 7.11 Å². The third-order valence-corrected chi connectivity index (χ3v) is 3.59. The second-order valence-electron chi connectivity index (χ2n) is 4.73. The molecule has 0 bridgehead atoms. The highest BCUT2D eigenvalue weighted by molar-refractivity contribution is 6.32. The Labute approximate surface area is 119 Å². The SMILES string of the molecule is COc1ccc(C(N)c2ccc(C)cc2C)cc1Cl. The Morgan fingerprint density at radius 2 is 1.84 bits per heavy atom. The number of hydrogen-bond acceptors (Lipinski definition) is 2. The summed E-state index contributed by atoms with van der Waals surface area (Å²) >= 11 is 6.15. The van der Waals surface area contributed by atoms with Gasteiger partial charge >= 0.3 is 0 Å². The minimum Gasteiger partial charge on any atom is -0.495 e. The van der Waals surface area contributed by atoms with E-state index in [2.05, 4.69) is 32.0 Å². The van der Waals surface area contributed by atoms with Crippen LogP contribution in [0.15, 0.2) is 36.4 Å². The van der Waals surface area contributed by atoms with Crippen molar-refractivity contribution in [2.24, 2.45) is 5.73 Å². The molecule has 0 aliphatic carbocycles. The minimum absolute atomic E-state index is 0.177. The van der Waals surface area contributed by atoms with Gasteiger partial charge in [-0.05, 0) is 42.7 Å². The molecule has 0 radical (unpaired) electrons. The highest BCUT2D eigenvalue weighted by atomic mass is 35.5. The van der Waals surface area contributed by atoms with Crippen LogP contribution in [0.1, 0.15) is 28.3 Å². The van der Waals surface area contributed by atoms with Crippen LogP contribution in [0.5, 0.6) is 5.75 Å². The molecule has 2 aromatic carbocycles. The van der Waals surface area contributed by atoms with Crippen LogP contribution in [0, 0.1) is 13.8 Å². The normalized spacial score (nSPS) is 12.3. The zero-order chi connectivity index (χ0) is 14.0. The molecular formula is C16H18ClNO. The predicted octanol–water partition coefficient (Wildman–Crippen LogP) is 4.01. The molecule has 19 heavy (non-hydrogen) atoms. The second kappa shape index (κ2) is 5.64. The summed E-state index contributed by atoms with van der Waals surface area (Å²) in [5.41, 5.74) is 10.9. The van der Waals surface area contributed by atoms with Gasteiger partial charge in [0.25, 0.3) is 0 Å². The number of methoxy groups -OCH3 is 1. The lowest BCUT2D eigenvalue weighted by molar-refractivity contribution is 0.415. The van der Waals surface area contributed by atoms with Gasteiger partial charge in [0.05, 0.1) is 18.2 Å². The summed E-state index contributed by atoms with van der Waals surface area (Å²) in [5, 5.41) is 0.584. The first kappa shape index (κ1) is 13.9. The molecule has 0 amide bonds. The zero-order valence-corrected chi connectivity index (χ0v) is 12.2. The molecule has 3 heteroatoms. The number of aryl methyl sites for hydroxylation is 2. The van der Waals surface area contributed by atoms with E-state index in [0.717, 1.165) is 11.1 Å².